The van der Waals surface area contributed by atoms with E-state index in [0.29, 0.717) is 28.3 Å². The topological polar surface area (TPSA) is 67.9 Å². The van der Waals surface area contributed by atoms with Crippen molar-refractivity contribution in [1.29, 1.82) is 0 Å². The van der Waals surface area contributed by atoms with Gasteiger partial charge in [0.05, 0.1) is 19.8 Å². The first-order chi connectivity index (χ1) is 13.4. The first kappa shape index (κ1) is 19.9. The lowest BCUT2D eigenvalue weighted by Gasteiger charge is -2.19. The van der Waals surface area contributed by atoms with Crippen LogP contribution >= 0.6 is 15.9 Å². The van der Waals surface area contributed by atoms with Crippen molar-refractivity contribution in [2.24, 2.45) is 0 Å². The Labute approximate surface area is 172 Å². The second-order valence-electron chi connectivity index (χ2n) is 6.53. The second kappa shape index (κ2) is 8.06. The predicted octanol–water partition coefficient (Wildman–Crippen LogP) is 4.07. The van der Waals surface area contributed by atoms with Crippen molar-refractivity contribution >= 4 is 39.0 Å². The summed E-state index contributed by atoms with van der Waals surface area (Å²) in [4.78, 5) is 27.4. The predicted molar refractivity (Wildman–Crippen MR) is 111 cm³/mol. The lowest BCUT2D eigenvalue weighted by Crippen LogP contribution is -2.38. The molecule has 1 aliphatic rings. The highest BCUT2D eigenvalue weighted by molar-refractivity contribution is 9.10. The number of halogens is 1. The maximum Gasteiger partial charge on any atom is 0.278 e. The van der Waals surface area contributed by atoms with Gasteiger partial charge in [0, 0.05) is 16.2 Å². The molecule has 1 heterocycles. The molecule has 7 heteroatoms. The van der Waals surface area contributed by atoms with Gasteiger partial charge in [-0.1, -0.05) is 28.1 Å². The lowest BCUT2D eigenvalue weighted by atomic mass is 10.0. The summed E-state index contributed by atoms with van der Waals surface area (Å²) in [6, 6.07) is 12.3. The van der Waals surface area contributed by atoms with Crippen LogP contribution in [0.3, 0.4) is 0 Å². The molecule has 0 atom stereocenters. The Morgan fingerprint density at radius 1 is 0.964 bits per heavy atom. The van der Waals surface area contributed by atoms with Crippen LogP contribution in [0.25, 0.3) is 5.57 Å². The summed E-state index contributed by atoms with van der Waals surface area (Å²) in [7, 11) is 3.07. The molecule has 3 rings (SSSR count). The number of carbonyl (C=O) groups excluding carboxylic acids is 2. The highest BCUT2D eigenvalue weighted by Crippen LogP contribution is 2.36. The minimum absolute atomic E-state index is 0.240. The molecule has 146 valence electrons. The Morgan fingerprint density at radius 2 is 1.68 bits per heavy atom. The Morgan fingerprint density at radius 3 is 2.29 bits per heavy atom. The monoisotopic (exact) mass is 444 g/mol. The highest BCUT2D eigenvalue weighted by atomic mass is 79.9. The van der Waals surface area contributed by atoms with Gasteiger partial charge in [-0.15, -0.1) is 0 Å². The van der Waals surface area contributed by atoms with Crippen molar-refractivity contribution < 1.29 is 19.1 Å². The molecule has 0 saturated carbocycles. The Kier molecular flexibility index (Phi) is 5.74. The normalized spacial score (nSPS) is 14.1. The van der Waals surface area contributed by atoms with Crippen LogP contribution in [0, 0.1) is 0 Å². The number of hydrogen-bond acceptors (Lipinski definition) is 5. The molecule has 2 aromatic rings. The number of nitrogens with zero attached hydrogens (tertiary/aromatic N) is 1. The van der Waals surface area contributed by atoms with E-state index >= 15 is 0 Å². The number of amides is 2. The molecule has 6 nitrogen and oxygen atoms in total. The molecule has 1 aliphatic heterocycles. The summed E-state index contributed by atoms with van der Waals surface area (Å²) in [5.41, 5.74) is 1.83. The second-order valence-corrected chi connectivity index (χ2v) is 7.44. The van der Waals surface area contributed by atoms with Gasteiger partial charge >= 0.3 is 0 Å². The molecule has 0 spiro atoms. The minimum Gasteiger partial charge on any atom is -0.493 e. The maximum absolute atomic E-state index is 13.1. The molecule has 0 fully saturated rings. The van der Waals surface area contributed by atoms with Gasteiger partial charge < -0.3 is 14.8 Å². The van der Waals surface area contributed by atoms with Crippen LogP contribution < -0.4 is 14.8 Å². The first-order valence-corrected chi connectivity index (χ1v) is 9.53. The van der Waals surface area contributed by atoms with Crippen molar-refractivity contribution in [3.8, 4) is 11.5 Å². The van der Waals surface area contributed by atoms with E-state index in [1.54, 1.807) is 25.3 Å². The number of imide groups is 1. The summed E-state index contributed by atoms with van der Waals surface area (Å²) < 4.78 is 11.5. The third-order valence-electron chi connectivity index (χ3n) is 4.40. The minimum atomic E-state index is -0.357. The van der Waals surface area contributed by atoms with Crippen molar-refractivity contribution in [3.63, 3.8) is 0 Å². The molecule has 0 bridgehead atoms. The highest BCUT2D eigenvalue weighted by Gasteiger charge is 2.40. The standard InChI is InChI=1S/C21H21BrN2O4/c1-12(2)24-20(25)18(13-8-9-16(27-3)17(10-13)28-4)19(21(24)26)23-15-7-5-6-14(22)11-15/h5-12,23H,1-4H3. The molecule has 2 aromatic carbocycles. The molecule has 1 N–H and O–H groups in total. The SMILES string of the molecule is COc1ccc(C2=C(Nc3cccc(Br)c3)C(=O)N(C(C)C)C2=O)cc1OC. The van der Waals surface area contributed by atoms with Crippen LogP contribution in [0.2, 0.25) is 0 Å². The molecule has 28 heavy (non-hydrogen) atoms. The van der Waals surface area contributed by atoms with Crippen molar-refractivity contribution in [2.45, 2.75) is 19.9 Å². The smallest absolute Gasteiger partial charge is 0.278 e. The van der Waals surface area contributed by atoms with E-state index in [4.69, 9.17) is 9.47 Å². The van der Waals surface area contributed by atoms with Crippen LogP contribution in [0.4, 0.5) is 5.69 Å². The van der Waals surface area contributed by atoms with Gasteiger partial charge in [-0.25, -0.2) is 0 Å². The molecular weight excluding hydrogens is 424 g/mol. The average Bonchev–Trinajstić information content (AvgIpc) is 2.91. The van der Waals surface area contributed by atoms with E-state index in [-0.39, 0.29) is 23.6 Å². The Hall–Kier alpha value is -2.80. The summed E-state index contributed by atoms with van der Waals surface area (Å²) >= 11 is 3.42. The Balaban J connectivity index is 2.14. The molecule has 0 aliphatic carbocycles. The summed E-state index contributed by atoms with van der Waals surface area (Å²) in [5.74, 6) is 0.331. The van der Waals surface area contributed by atoms with Crippen molar-refractivity contribution in [1.82, 2.24) is 4.90 Å². The number of carbonyl (C=O) groups is 2. The molecular formula is C21H21BrN2O4. The average molecular weight is 445 g/mol. The molecule has 0 saturated heterocycles. The summed E-state index contributed by atoms with van der Waals surface area (Å²) in [6.07, 6.45) is 0. The quantitative estimate of drug-likeness (QED) is 0.680. The number of benzene rings is 2. The zero-order chi connectivity index (χ0) is 20.4. The number of rotatable bonds is 6. The van der Waals surface area contributed by atoms with E-state index in [9.17, 15) is 9.59 Å². The van der Waals surface area contributed by atoms with Crippen LogP contribution in [0.1, 0.15) is 19.4 Å². The molecule has 0 radical (unpaired) electrons. The lowest BCUT2D eigenvalue weighted by molar-refractivity contribution is -0.138. The zero-order valence-electron chi connectivity index (χ0n) is 16.1. The van der Waals surface area contributed by atoms with Gasteiger partial charge in [0.2, 0.25) is 0 Å². The van der Waals surface area contributed by atoms with E-state index in [0.717, 1.165) is 4.47 Å². The zero-order valence-corrected chi connectivity index (χ0v) is 17.7. The van der Waals surface area contributed by atoms with E-state index in [1.807, 2.05) is 38.1 Å². The van der Waals surface area contributed by atoms with Crippen LogP contribution in [0.15, 0.2) is 52.6 Å². The molecule has 2 amide bonds. The van der Waals surface area contributed by atoms with Crippen molar-refractivity contribution in [2.75, 3.05) is 19.5 Å². The van der Waals surface area contributed by atoms with Gasteiger partial charge in [-0.2, -0.15) is 0 Å². The van der Waals surface area contributed by atoms with Crippen molar-refractivity contribution in [3.05, 3.63) is 58.2 Å². The van der Waals surface area contributed by atoms with Crippen LogP contribution in [0.5, 0.6) is 11.5 Å². The largest absolute Gasteiger partial charge is 0.493 e. The number of hydrogen-bond donors (Lipinski definition) is 1. The fraction of sp³-hybridized carbons (Fsp3) is 0.238. The van der Waals surface area contributed by atoms with Gasteiger partial charge in [-0.3, -0.25) is 14.5 Å². The van der Waals surface area contributed by atoms with Crippen LogP contribution in [-0.4, -0.2) is 37.0 Å². The Bertz CT molecular complexity index is 969. The fourth-order valence-corrected chi connectivity index (χ4v) is 3.50. The molecule has 0 unspecified atom stereocenters. The van der Waals surface area contributed by atoms with Gasteiger partial charge in [-0.05, 0) is 49.7 Å². The van der Waals surface area contributed by atoms with E-state index in [2.05, 4.69) is 21.2 Å². The van der Waals surface area contributed by atoms with Gasteiger partial charge in [0.25, 0.3) is 11.8 Å². The third kappa shape index (κ3) is 3.62. The van der Waals surface area contributed by atoms with Gasteiger partial charge in [0.15, 0.2) is 11.5 Å². The fourth-order valence-electron chi connectivity index (χ4n) is 3.10. The van der Waals surface area contributed by atoms with Gasteiger partial charge in [0.1, 0.15) is 5.70 Å². The van der Waals surface area contributed by atoms with Crippen LogP contribution in [-0.2, 0) is 9.59 Å². The third-order valence-corrected chi connectivity index (χ3v) is 4.89. The molecule has 0 aromatic heterocycles. The summed E-state index contributed by atoms with van der Waals surface area (Å²) in [6.45, 7) is 3.62. The number of anilines is 1. The maximum atomic E-state index is 13.1. The number of ether oxygens (including phenoxy) is 2. The van der Waals surface area contributed by atoms with E-state index < -0.39 is 0 Å². The number of methoxy groups -OCH3 is 2. The first-order valence-electron chi connectivity index (χ1n) is 8.74. The summed E-state index contributed by atoms with van der Waals surface area (Å²) in [5, 5.41) is 3.13. The van der Waals surface area contributed by atoms with E-state index in [1.165, 1.54) is 12.0 Å². The number of nitrogens with one attached hydrogen (secondary N) is 1.